The average Bonchev–Trinajstić information content (AvgIpc) is 2.85. The van der Waals surface area contributed by atoms with Crippen molar-refractivity contribution in [1.29, 1.82) is 0 Å². The van der Waals surface area contributed by atoms with Gasteiger partial charge in [-0.2, -0.15) is 0 Å². The maximum atomic E-state index is 12.0. The fourth-order valence-electron chi connectivity index (χ4n) is 3.99. The average molecular weight is 509 g/mol. The monoisotopic (exact) mass is 508 g/mol. The molecule has 10 atom stereocenters. The van der Waals surface area contributed by atoms with Crippen LogP contribution in [0.2, 0.25) is 0 Å². The van der Waals surface area contributed by atoms with Crippen LogP contribution in [0.3, 0.4) is 0 Å². The number of unbranched alkanes of at least 4 members (excludes halogenated alkanes) is 6. The quantitative estimate of drug-likeness (QED) is 0.0813. The van der Waals surface area contributed by atoms with E-state index in [1.807, 2.05) is 6.08 Å². The Morgan fingerprint density at radius 1 is 0.743 bits per heavy atom. The topological polar surface area (TPSA) is 196 Å². The van der Waals surface area contributed by atoms with Crippen molar-refractivity contribution in [2.75, 3.05) is 13.2 Å². The summed E-state index contributed by atoms with van der Waals surface area (Å²) in [5.74, 6) is -0.500. The summed E-state index contributed by atoms with van der Waals surface area (Å²) >= 11 is 0. The van der Waals surface area contributed by atoms with Gasteiger partial charge in [-0.05, 0) is 19.3 Å². The number of carbonyl (C=O) groups is 1. The maximum absolute atomic E-state index is 12.0. The Kier molecular flexibility index (Phi) is 13.0. The standard InChI is InChI=1S/C23H40O12/c1-2-3-4-5-6-7-8-9-10-15(25)32-12-14-17(27)19(29)21(31)23(34-14)35-22-20(30)18(28)16(26)13(11-24)33-22/h2,13-14,16-24,26-31H,1,3-12H2/t13-,14-,16-,17-,18+,19+,20-,21-,22-,23-/m1/s1. The molecular formula is C23H40O12. The molecule has 2 aliphatic heterocycles. The first kappa shape index (κ1) is 30.0. The number of carbonyl (C=O) groups excluding carboxylic acids is 1. The Hall–Kier alpha value is -1.19. The lowest BCUT2D eigenvalue weighted by molar-refractivity contribution is -0.376. The number of aliphatic hydroxyl groups excluding tert-OH is 7. The molecule has 35 heavy (non-hydrogen) atoms. The molecule has 0 amide bonds. The molecule has 0 unspecified atom stereocenters. The smallest absolute Gasteiger partial charge is 0.305 e. The fraction of sp³-hybridized carbons (Fsp3) is 0.870. The van der Waals surface area contributed by atoms with E-state index in [0.717, 1.165) is 38.5 Å². The first-order valence-electron chi connectivity index (χ1n) is 12.1. The third-order valence-electron chi connectivity index (χ3n) is 6.23. The Balaban J connectivity index is 1.80. The first-order chi connectivity index (χ1) is 16.7. The van der Waals surface area contributed by atoms with Crippen LogP contribution in [0, 0.1) is 0 Å². The summed E-state index contributed by atoms with van der Waals surface area (Å²) in [4.78, 5) is 12.0. The highest BCUT2D eigenvalue weighted by molar-refractivity contribution is 5.69. The van der Waals surface area contributed by atoms with Crippen LogP contribution in [0.4, 0.5) is 0 Å². The van der Waals surface area contributed by atoms with Gasteiger partial charge >= 0.3 is 5.97 Å². The highest BCUT2D eigenvalue weighted by Crippen LogP contribution is 2.28. The van der Waals surface area contributed by atoms with Crippen molar-refractivity contribution in [3.8, 4) is 0 Å². The van der Waals surface area contributed by atoms with E-state index in [9.17, 15) is 40.5 Å². The molecule has 204 valence electrons. The minimum Gasteiger partial charge on any atom is -0.463 e. The van der Waals surface area contributed by atoms with Gasteiger partial charge in [0.1, 0.15) is 55.4 Å². The molecule has 12 nitrogen and oxygen atoms in total. The largest absolute Gasteiger partial charge is 0.463 e. The summed E-state index contributed by atoms with van der Waals surface area (Å²) < 4.78 is 21.1. The van der Waals surface area contributed by atoms with Crippen molar-refractivity contribution < 1.29 is 59.5 Å². The highest BCUT2D eigenvalue weighted by atomic mass is 16.8. The van der Waals surface area contributed by atoms with Crippen molar-refractivity contribution in [3.63, 3.8) is 0 Å². The zero-order valence-corrected chi connectivity index (χ0v) is 19.8. The molecule has 2 rings (SSSR count). The lowest BCUT2D eigenvalue weighted by Gasteiger charge is -2.44. The van der Waals surface area contributed by atoms with Crippen LogP contribution in [0.5, 0.6) is 0 Å². The van der Waals surface area contributed by atoms with E-state index in [0.29, 0.717) is 6.42 Å². The van der Waals surface area contributed by atoms with Crippen molar-refractivity contribution in [2.45, 2.75) is 113 Å². The van der Waals surface area contributed by atoms with Gasteiger partial charge in [-0.15, -0.1) is 6.58 Å². The van der Waals surface area contributed by atoms with Gasteiger partial charge in [0.15, 0.2) is 12.6 Å². The third-order valence-corrected chi connectivity index (χ3v) is 6.23. The number of ether oxygens (including phenoxy) is 4. The van der Waals surface area contributed by atoms with Gasteiger partial charge in [0.05, 0.1) is 6.61 Å². The predicted molar refractivity (Wildman–Crippen MR) is 120 cm³/mol. The van der Waals surface area contributed by atoms with Gasteiger partial charge in [-0.3, -0.25) is 4.79 Å². The summed E-state index contributed by atoms with van der Waals surface area (Å²) in [5.41, 5.74) is 0. The van der Waals surface area contributed by atoms with Crippen molar-refractivity contribution in [2.24, 2.45) is 0 Å². The molecule has 2 heterocycles. The first-order valence-corrected chi connectivity index (χ1v) is 12.1. The van der Waals surface area contributed by atoms with Gasteiger partial charge < -0.3 is 54.7 Å². The predicted octanol–water partition coefficient (Wildman–Crippen LogP) is -1.54. The van der Waals surface area contributed by atoms with Crippen LogP contribution in [0.15, 0.2) is 12.7 Å². The van der Waals surface area contributed by atoms with Crippen LogP contribution in [0.1, 0.15) is 51.4 Å². The highest BCUT2D eigenvalue weighted by Gasteiger charge is 2.49. The van der Waals surface area contributed by atoms with Crippen LogP contribution >= 0.6 is 0 Å². The van der Waals surface area contributed by atoms with Crippen LogP contribution in [-0.2, 0) is 23.7 Å². The minimum atomic E-state index is -1.77. The summed E-state index contributed by atoms with van der Waals surface area (Å²) in [6, 6.07) is 0. The minimum absolute atomic E-state index is 0.186. The van der Waals surface area contributed by atoms with E-state index in [2.05, 4.69) is 6.58 Å². The number of allylic oxidation sites excluding steroid dienone is 1. The second-order valence-corrected chi connectivity index (χ2v) is 8.98. The molecule has 2 saturated heterocycles. The van der Waals surface area contributed by atoms with Gasteiger partial charge in [0.2, 0.25) is 0 Å². The Labute approximate surface area is 204 Å². The van der Waals surface area contributed by atoms with Gasteiger partial charge in [0, 0.05) is 6.42 Å². The fourth-order valence-corrected chi connectivity index (χ4v) is 3.99. The van der Waals surface area contributed by atoms with Crippen molar-refractivity contribution in [3.05, 3.63) is 12.7 Å². The Morgan fingerprint density at radius 2 is 1.26 bits per heavy atom. The SMILES string of the molecule is C=CCCCCCCCCC(=O)OC[C@H]1O[C@H](O[C@H]2O[C@H](CO)[C@@H](O)[C@H](O)[C@H]2O)[C@H](O)[C@@H](O)[C@@H]1O. The molecule has 12 heteroatoms. The van der Waals surface area contributed by atoms with Gasteiger partial charge in [0.25, 0.3) is 0 Å². The molecule has 0 aromatic rings. The lowest BCUT2D eigenvalue weighted by atomic mass is 9.98. The Morgan fingerprint density at radius 3 is 1.83 bits per heavy atom. The van der Waals surface area contributed by atoms with E-state index in [1.165, 1.54) is 0 Å². The number of rotatable bonds is 14. The van der Waals surface area contributed by atoms with E-state index in [1.54, 1.807) is 0 Å². The number of hydrogen-bond donors (Lipinski definition) is 7. The second kappa shape index (κ2) is 15.2. The molecule has 0 saturated carbocycles. The normalized spacial score (nSPS) is 37.7. The molecule has 0 aromatic carbocycles. The summed E-state index contributed by atoms with van der Waals surface area (Å²) in [5, 5.41) is 69.7. The summed E-state index contributed by atoms with van der Waals surface area (Å²) in [6.45, 7) is 2.58. The van der Waals surface area contributed by atoms with Crippen LogP contribution < -0.4 is 0 Å². The van der Waals surface area contributed by atoms with Crippen molar-refractivity contribution in [1.82, 2.24) is 0 Å². The Bertz CT molecular complexity index is 632. The molecular weight excluding hydrogens is 468 g/mol. The lowest BCUT2D eigenvalue weighted by Crippen LogP contribution is -2.63. The molecule has 0 aromatic heterocycles. The molecule has 0 aliphatic carbocycles. The zero-order chi connectivity index (χ0) is 26.0. The van der Waals surface area contributed by atoms with E-state index >= 15 is 0 Å². The number of hydrogen-bond acceptors (Lipinski definition) is 12. The van der Waals surface area contributed by atoms with Crippen LogP contribution in [0.25, 0.3) is 0 Å². The summed E-state index contributed by atoms with van der Waals surface area (Å²) in [6.07, 6.45) is -7.02. The second-order valence-electron chi connectivity index (χ2n) is 8.98. The maximum Gasteiger partial charge on any atom is 0.305 e. The molecule has 0 radical (unpaired) electrons. The summed E-state index contributed by atoms with van der Waals surface area (Å²) in [7, 11) is 0. The van der Waals surface area contributed by atoms with E-state index < -0.39 is 80.6 Å². The van der Waals surface area contributed by atoms with E-state index in [4.69, 9.17) is 18.9 Å². The number of esters is 1. The van der Waals surface area contributed by atoms with Crippen molar-refractivity contribution >= 4 is 5.97 Å². The molecule has 0 bridgehead atoms. The van der Waals surface area contributed by atoms with E-state index in [-0.39, 0.29) is 6.42 Å². The number of aliphatic hydroxyl groups is 7. The van der Waals surface area contributed by atoms with Crippen LogP contribution in [-0.4, -0.2) is 116 Å². The van der Waals surface area contributed by atoms with Gasteiger partial charge in [-0.1, -0.05) is 31.8 Å². The third kappa shape index (κ3) is 8.71. The molecule has 2 aliphatic rings. The zero-order valence-electron chi connectivity index (χ0n) is 19.8. The molecule has 7 N–H and O–H groups in total. The molecule has 2 fully saturated rings. The van der Waals surface area contributed by atoms with Gasteiger partial charge in [-0.25, -0.2) is 0 Å². The molecule has 0 spiro atoms.